The third kappa shape index (κ3) is 4.09. The molecule has 0 radical (unpaired) electrons. The molecule has 0 fully saturated rings. The zero-order chi connectivity index (χ0) is 24.6. The minimum Gasteiger partial charge on any atom is -0.494 e. The Kier molecular flexibility index (Phi) is 6.05. The molecule has 6 rings (SSSR count). The maximum absolute atomic E-state index is 14.0. The molecule has 0 saturated heterocycles. The summed E-state index contributed by atoms with van der Waals surface area (Å²) >= 11 is 1.91. The SMILES string of the molecule is CCOc1ccc([C@@H]2c3cccn3-c3sc4c(c3CN2C(=O)Nc2ccc(C)cc2)CCCC4)cc1. The fourth-order valence-electron chi connectivity index (χ4n) is 5.48. The van der Waals surface area contributed by atoms with Crippen molar-refractivity contribution in [2.24, 2.45) is 0 Å². The van der Waals surface area contributed by atoms with Gasteiger partial charge in [-0.2, -0.15) is 0 Å². The lowest BCUT2D eigenvalue weighted by molar-refractivity contribution is 0.194. The topological polar surface area (TPSA) is 46.5 Å². The van der Waals surface area contributed by atoms with Gasteiger partial charge < -0.3 is 19.5 Å². The summed E-state index contributed by atoms with van der Waals surface area (Å²) in [6, 6.07) is 20.1. The molecule has 3 heterocycles. The van der Waals surface area contributed by atoms with Gasteiger partial charge in [-0.15, -0.1) is 11.3 Å². The number of urea groups is 1. The van der Waals surface area contributed by atoms with Crippen molar-refractivity contribution in [3.63, 3.8) is 0 Å². The average molecular weight is 498 g/mol. The van der Waals surface area contributed by atoms with Gasteiger partial charge in [0.1, 0.15) is 10.8 Å². The molecular weight excluding hydrogens is 466 g/mol. The number of anilines is 1. The minimum atomic E-state index is -0.222. The third-order valence-electron chi connectivity index (χ3n) is 7.25. The zero-order valence-corrected chi connectivity index (χ0v) is 21.6. The van der Waals surface area contributed by atoms with Crippen molar-refractivity contribution < 1.29 is 9.53 Å². The number of amides is 2. The van der Waals surface area contributed by atoms with Gasteiger partial charge in [0, 0.05) is 22.3 Å². The van der Waals surface area contributed by atoms with Crippen LogP contribution in [-0.4, -0.2) is 22.1 Å². The largest absolute Gasteiger partial charge is 0.494 e. The van der Waals surface area contributed by atoms with Crippen LogP contribution in [0.4, 0.5) is 10.5 Å². The van der Waals surface area contributed by atoms with Crippen LogP contribution in [-0.2, 0) is 19.4 Å². The Morgan fingerprint density at radius 1 is 1.03 bits per heavy atom. The molecule has 2 aromatic heterocycles. The van der Waals surface area contributed by atoms with Crippen LogP contribution in [0, 0.1) is 6.92 Å². The second-order valence-electron chi connectivity index (χ2n) is 9.63. The Labute approximate surface area is 216 Å². The summed E-state index contributed by atoms with van der Waals surface area (Å²) in [5.41, 5.74) is 6.92. The van der Waals surface area contributed by atoms with Crippen LogP contribution in [0.1, 0.15) is 58.6 Å². The summed E-state index contributed by atoms with van der Waals surface area (Å²) in [6.07, 6.45) is 6.85. The van der Waals surface area contributed by atoms with Gasteiger partial charge in [0.2, 0.25) is 0 Å². The number of hydrogen-bond acceptors (Lipinski definition) is 3. The molecule has 1 aliphatic heterocycles. The third-order valence-corrected chi connectivity index (χ3v) is 8.58. The highest BCUT2D eigenvalue weighted by Gasteiger charge is 2.36. The molecule has 2 aromatic carbocycles. The molecule has 1 atom stereocenters. The molecule has 36 heavy (non-hydrogen) atoms. The number of carbonyl (C=O) groups excluding carboxylic acids is 1. The molecule has 2 aliphatic rings. The first-order valence-electron chi connectivity index (χ1n) is 12.8. The van der Waals surface area contributed by atoms with Crippen molar-refractivity contribution in [2.75, 3.05) is 11.9 Å². The number of thiophene rings is 1. The van der Waals surface area contributed by atoms with Gasteiger partial charge in [-0.1, -0.05) is 29.8 Å². The predicted octanol–water partition coefficient (Wildman–Crippen LogP) is 7.26. The van der Waals surface area contributed by atoms with E-state index in [0.29, 0.717) is 13.2 Å². The number of aryl methyl sites for hydroxylation is 2. The highest BCUT2D eigenvalue weighted by atomic mass is 32.1. The zero-order valence-electron chi connectivity index (χ0n) is 20.8. The number of aromatic nitrogens is 1. The van der Waals surface area contributed by atoms with Gasteiger partial charge in [-0.05, 0) is 87.1 Å². The maximum atomic E-state index is 14.0. The summed E-state index contributed by atoms with van der Waals surface area (Å²) in [6.45, 7) is 5.25. The lowest BCUT2D eigenvalue weighted by atomic mass is 9.95. The first kappa shape index (κ1) is 22.9. The smallest absolute Gasteiger partial charge is 0.322 e. The molecule has 0 unspecified atom stereocenters. The van der Waals surface area contributed by atoms with Gasteiger partial charge in [0.25, 0.3) is 0 Å². The van der Waals surface area contributed by atoms with E-state index in [0.717, 1.165) is 35.5 Å². The van der Waals surface area contributed by atoms with Crippen molar-refractivity contribution in [2.45, 2.75) is 52.1 Å². The van der Waals surface area contributed by atoms with Gasteiger partial charge in [0.05, 0.1) is 24.9 Å². The van der Waals surface area contributed by atoms with E-state index in [9.17, 15) is 4.79 Å². The van der Waals surface area contributed by atoms with E-state index in [-0.39, 0.29) is 12.1 Å². The Morgan fingerprint density at radius 3 is 2.58 bits per heavy atom. The number of fused-ring (bicyclic) bond motifs is 5. The van der Waals surface area contributed by atoms with Crippen LogP contribution in [0.25, 0.3) is 5.00 Å². The summed E-state index contributed by atoms with van der Waals surface area (Å²) in [4.78, 5) is 17.5. The quantitative estimate of drug-likeness (QED) is 0.322. The van der Waals surface area contributed by atoms with Crippen molar-refractivity contribution in [3.8, 4) is 10.8 Å². The molecule has 5 nitrogen and oxygen atoms in total. The summed E-state index contributed by atoms with van der Waals surface area (Å²) in [5, 5.41) is 4.45. The van der Waals surface area contributed by atoms with Crippen LogP contribution >= 0.6 is 11.3 Å². The second-order valence-corrected chi connectivity index (χ2v) is 10.7. The van der Waals surface area contributed by atoms with E-state index in [2.05, 4.69) is 47.3 Å². The van der Waals surface area contributed by atoms with Gasteiger partial charge in [-0.3, -0.25) is 0 Å². The molecule has 4 aromatic rings. The number of carbonyl (C=O) groups is 1. The van der Waals surface area contributed by atoms with E-state index < -0.39 is 0 Å². The van der Waals surface area contributed by atoms with Crippen LogP contribution in [0.15, 0.2) is 66.9 Å². The van der Waals surface area contributed by atoms with Gasteiger partial charge >= 0.3 is 6.03 Å². The normalized spacial score (nSPS) is 16.5. The first-order valence-corrected chi connectivity index (χ1v) is 13.6. The number of nitrogens with one attached hydrogen (secondary N) is 1. The van der Waals surface area contributed by atoms with Crippen molar-refractivity contribution in [1.29, 1.82) is 0 Å². The molecule has 1 aliphatic carbocycles. The van der Waals surface area contributed by atoms with Crippen molar-refractivity contribution >= 4 is 23.1 Å². The summed E-state index contributed by atoms with van der Waals surface area (Å²) in [7, 11) is 0. The molecule has 184 valence electrons. The van der Waals surface area contributed by atoms with E-state index >= 15 is 0 Å². The number of ether oxygens (including phenoxy) is 1. The molecule has 6 heteroatoms. The first-order chi connectivity index (χ1) is 17.6. The lowest BCUT2D eigenvalue weighted by Gasteiger charge is -2.31. The molecule has 0 bridgehead atoms. The summed E-state index contributed by atoms with van der Waals surface area (Å²) in [5.74, 6) is 0.842. The maximum Gasteiger partial charge on any atom is 0.322 e. The fourth-order valence-corrected chi connectivity index (χ4v) is 6.89. The van der Waals surface area contributed by atoms with E-state index in [4.69, 9.17) is 4.74 Å². The van der Waals surface area contributed by atoms with Crippen LogP contribution < -0.4 is 10.1 Å². The number of nitrogens with zero attached hydrogens (tertiary/aromatic N) is 2. The summed E-state index contributed by atoms with van der Waals surface area (Å²) < 4.78 is 8.01. The van der Waals surface area contributed by atoms with Crippen LogP contribution in [0.3, 0.4) is 0 Å². The monoisotopic (exact) mass is 497 g/mol. The lowest BCUT2D eigenvalue weighted by Crippen LogP contribution is -2.38. The Bertz CT molecular complexity index is 1380. The second kappa shape index (κ2) is 9.51. The van der Waals surface area contributed by atoms with Gasteiger partial charge in [0.15, 0.2) is 0 Å². The Morgan fingerprint density at radius 2 is 1.81 bits per heavy atom. The van der Waals surface area contributed by atoms with Crippen LogP contribution in [0.5, 0.6) is 5.75 Å². The minimum absolute atomic E-state index is 0.0888. The average Bonchev–Trinajstić information content (AvgIpc) is 3.48. The fraction of sp³-hybridized carbons (Fsp3) is 0.300. The number of benzene rings is 2. The number of hydrogen-bond donors (Lipinski definition) is 1. The Balaban J connectivity index is 1.46. The Hall–Kier alpha value is -3.51. The molecule has 0 spiro atoms. The highest BCUT2D eigenvalue weighted by Crippen LogP contribution is 2.44. The van der Waals surface area contributed by atoms with Gasteiger partial charge in [-0.25, -0.2) is 4.79 Å². The molecule has 2 amide bonds. The highest BCUT2D eigenvalue weighted by molar-refractivity contribution is 7.15. The van der Waals surface area contributed by atoms with Crippen molar-refractivity contribution in [3.05, 3.63) is 99.7 Å². The van der Waals surface area contributed by atoms with E-state index in [1.165, 1.54) is 39.4 Å². The van der Waals surface area contributed by atoms with Crippen molar-refractivity contribution in [1.82, 2.24) is 9.47 Å². The predicted molar refractivity (Wildman–Crippen MR) is 145 cm³/mol. The van der Waals surface area contributed by atoms with E-state index in [1.54, 1.807) is 0 Å². The molecule has 0 saturated carbocycles. The standard InChI is InChI=1S/C30H31N3O2S/c1-3-35-23-16-12-21(13-17-23)28-26-8-6-18-32(26)29-25(24-7-4-5-9-27(24)36-29)19-33(28)30(34)31-22-14-10-20(2)11-15-22/h6,8,10-18,28H,3-5,7,9,19H2,1-2H3,(H,31,34)/t28-/m1/s1. The molecular formula is C30H31N3O2S. The van der Waals surface area contributed by atoms with E-state index in [1.807, 2.05) is 59.6 Å². The molecule has 1 N–H and O–H groups in total. The van der Waals surface area contributed by atoms with Crippen LogP contribution in [0.2, 0.25) is 0 Å². The number of rotatable bonds is 4.